The van der Waals surface area contributed by atoms with Crippen LogP contribution >= 0.6 is 0 Å². The minimum atomic E-state index is -1.51. The summed E-state index contributed by atoms with van der Waals surface area (Å²) in [5.74, 6) is -1.90. The number of ether oxygens (including phenoxy) is 2. The third-order valence-electron chi connectivity index (χ3n) is 5.36. The van der Waals surface area contributed by atoms with Crippen LogP contribution in [0.1, 0.15) is 36.6 Å². The number of rotatable bonds is 6. The predicted molar refractivity (Wildman–Crippen MR) is 98.5 cm³/mol. The maximum absolute atomic E-state index is 12.8. The van der Waals surface area contributed by atoms with Crippen molar-refractivity contribution in [2.75, 3.05) is 32.2 Å². The van der Waals surface area contributed by atoms with Crippen molar-refractivity contribution in [3.05, 3.63) is 47.3 Å². The predicted octanol–water partition coefficient (Wildman–Crippen LogP) is 2.54. The van der Waals surface area contributed by atoms with E-state index >= 15 is 0 Å². The molecular formula is C20H24N2O5. The van der Waals surface area contributed by atoms with Crippen molar-refractivity contribution in [3.63, 3.8) is 0 Å². The molecule has 0 amide bonds. The summed E-state index contributed by atoms with van der Waals surface area (Å²) in [4.78, 5) is 27.7. The van der Waals surface area contributed by atoms with Crippen LogP contribution in [0.3, 0.4) is 0 Å². The van der Waals surface area contributed by atoms with Gasteiger partial charge < -0.3 is 18.9 Å². The summed E-state index contributed by atoms with van der Waals surface area (Å²) in [6.07, 6.45) is 1.61. The molecule has 1 aromatic heterocycles. The second kappa shape index (κ2) is 7.42. The Morgan fingerprint density at radius 3 is 2.26 bits per heavy atom. The van der Waals surface area contributed by atoms with E-state index in [0.29, 0.717) is 11.3 Å². The number of esters is 2. The first-order valence-corrected chi connectivity index (χ1v) is 8.98. The van der Waals surface area contributed by atoms with E-state index in [0.717, 1.165) is 24.3 Å². The van der Waals surface area contributed by atoms with Gasteiger partial charge in [-0.1, -0.05) is 17.3 Å². The molecule has 3 rings (SSSR count). The van der Waals surface area contributed by atoms with Crippen LogP contribution in [-0.4, -0.2) is 44.4 Å². The first-order chi connectivity index (χ1) is 13.0. The lowest BCUT2D eigenvalue weighted by molar-refractivity contribution is -0.169. The van der Waals surface area contributed by atoms with Crippen LogP contribution in [0.15, 0.2) is 35.1 Å². The Labute approximate surface area is 158 Å². The molecule has 1 atom stereocenters. The maximum atomic E-state index is 12.8. The van der Waals surface area contributed by atoms with Crippen molar-refractivity contribution in [3.8, 4) is 0 Å². The van der Waals surface area contributed by atoms with E-state index in [1.165, 1.54) is 20.5 Å². The van der Waals surface area contributed by atoms with Gasteiger partial charge in [0.1, 0.15) is 6.26 Å². The fourth-order valence-corrected chi connectivity index (χ4v) is 4.01. The van der Waals surface area contributed by atoms with Gasteiger partial charge in [0.15, 0.2) is 5.41 Å². The average Bonchev–Trinajstić information content (AvgIpc) is 3.27. The number of nitrogens with zero attached hydrogens (tertiary/aromatic N) is 2. The Kier molecular flexibility index (Phi) is 5.21. The number of aromatic nitrogens is 1. The molecule has 0 saturated carbocycles. The molecule has 27 heavy (non-hydrogen) atoms. The van der Waals surface area contributed by atoms with Crippen LogP contribution in [-0.2, 0) is 25.5 Å². The lowest BCUT2D eigenvalue weighted by Crippen LogP contribution is -2.45. The zero-order valence-corrected chi connectivity index (χ0v) is 16.0. The van der Waals surface area contributed by atoms with Crippen LogP contribution in [0.5, 0.6) is 0 Å². The Hall–Kier alpha value is -2.83. The van der Waals surface area contributed by atoms with Gasteiger partial charge in [-0.2, -0.15) is 0 Å². The first kappa shape index (κ1) is 18.9. The Balaban J connectivity index is 2.11. The second-order valence-corrected chi connectivity index (χ2v) is 6.55. The van der Waals surface area contributed by atoms with Crippen molar-refractivity contribution >= 4 is 17.6 Å². The second-order valence-electron chi connectivity index (χ2n) is 6.55. The van der Waals surface area contributed by atoms with Gasteiger partial charge in [-0.3, -0.25) is 9.59 Å². The van der Waals surface area contributed by atoms with Gasteiger partial charge >= 0.3 is 11.9 Å². The molecule has 1 aromatic carbocycles. The highest BCUT2D eigenvalue weighted by Crippen LogP contribution is 2.52. The summed E-state index contributed by atoms with van der Waals surface area (Å²) in [6, 6.07) is 7.81. The lowest BCUT2D eigenvalue weighted by atomic mass is 9.73. The molecule has 1 unspecified atom stereocenters. The van der Waals surface area contributed by atoms with Crippen molar-refractivity contribution < 1.29 is 23.6 Å². The number of carbonyl (C=O) groups is 2. The van der Waals surface area contributed by atoms with Crippen LogP contribution in [0.2, 0.25) is 0 Å². The first-order valence-electron chi connectivity index (χ1n) is 8.98. The van der Waals surface area contributed by atoms with Gasteiger partial charge in [-0.15, -0.1) is 0 Å². The highest BCUT2D eigenvalue weighted by Gasteiger charge is 2.61. The van der Waals surface area contributed by atoms with Gasteiger partial charge in [0.05, 0.1) is 25.8 Å². The molecule has 0 spiro atoms. The molecule has 0 aliphatic heterocycles. The number of methoxy groups -OCH3 is 2. The van der Waals surface area contributed by atoms with Crippen molar-refractivity contribution in [2.24, 2.45) is 5.41 Å². The Bertz CT molecular complexity index is 807. The van der Waals surface area contributed by atoms with Crippen LogP contribution in [0.4, 0.5) is 5.69 Å². The van der Waals surface area contributed by atoms with Gasteiger partial charge in [0.2, 0.25) is 0 Å². The number of hydrogen-bond acceptors (Lipinski definition) is 7. The Morgan fingerprint density at radius 2 is 1.74 bits per heavy atom. The van der Waals surface area contributed by atoms with Crippen LogP contribution in [0, 0.1) is 5.41 Å². The van der Waals surface area contributed by atoms with E-state index in [4.69, 9.17) is 14.0 Å². The topological polar surface area (TPSA) is 81.9 Å². The van der Waals surface area contributed by atoms with E-state index in [1.807, 2.05) is 24.3 Å². The van der Waals surface area contributed by atoms with E-state index in [9.17, 15) is 9.59 Å². The van der Waals surface area contributed by atoms with Gasteiger partial charge in [0.25, 0.3) is 0 Å². The highest BCUT2D eigenvalue weighted by molar-refractivity contribution is 6.03. The average molecular weight is 372 g/mol. The third-order valence-corrected chi connectivity index (χ3v) is 5.36. The monoisotopic (exact) mass is 372 g/mol. The number of hydrogen-bond donors (Lipinski definition) is 0. The number of fused-ring (bicyclic) bond motifs is 1. The Morgan fingerprint density at radius 1 is 1.15 bits per heavy atom. The van der Waals surface area contributed by atoms with E-state index < -0.39 is 23.3 Å². The van der Waals surface area contributed by atoms with Crippen LogP contribution in [0.25, 0.3) is 0 Å². The molecule has 1 aliphatic rings. The summed E-state index contributed by atoms with van der Waals surface area (Å²) in [5.41, 5.74) is 1.64. The van der Waals surface area contributed by atoms with Gasteiger partial charge in [0, 0.05) is 30.8 Å². The molecule has 7 heteroatoms. The molecule has 0 fully saturated rings. The van der Waals surface area contributed by atoms with Crippen molar-refractivity contribution in [2.45, 2.75) is 26.2 Å². The lowest BCUT2D eigenvalue weighted by Gasteiger charge is -2.30. The molecule has 0 radical (unpaired) electrons. The minimum Gasteiger partial charge on any atom is -0.468 e. The van der Waals surface area contributed by atoms with E-state index in [-0.39, 0.29) is 6.42 Å². The summed E-state index contributed by atoms with van der Waals surface area (Å²) >= 11 is 0. The van der Waals surface area contributed by atoms with Gasteiger partial charge in [-0.05, 0) is 31.5 Å². The molecule has 144 valence electrons. The number of anilines is 1. The normalized spacial score (nSPS) is 17.3. The molecule has 7 nitrogen and oxygen atoms in total. The fraction of sp³-hybridized carbons (Fsp3) is 0.450. The van der Waals surface area contributed by atoms with Crippen molar-refractivity contribution in [1.82, 2.24) is 5.16 Å². The molecule has 1 heterocycles. The smallest absolute Gasteiger partial charge is 0.324 e. The molecule has 0 bridgehead atoms. The largest absolute Gasteiger partial charge is 0.468 e. The standard InChI is InChI=1S/C20H24N2O5/c1-5-22(6-2)15-9-7-13(8-10-15)16-17-14(12-27-21-17)11-20(16,18(23)25-3)19(24)26-4/h7-10,12,16H,5-6,11H2,1-4H3. The molecule has 1 aliphatic carbocycles. The van der Waals surface area contributed by atoms with Gasteiger partial charge in [-0.25, -0.2) is 0 Å². The van der Waals surface area contributed by atoms with Crippen LogP contribution < -0.4 is 4.90 Å². The quantitative estimate of drug-likeness (QED) is 0.569. The summed E-state index contributed by atoms with van der Waals surface area (Å²) < 4.78 is 15.1. The zero-order chi connectivity index (χ0) is 19.6. The molecular weight excluding hydrogens is 348 g/mol. The minimum absolute atomic E-state index is 0.133. The summed E-state index contributed by atoms with van der Waals surface area (Å²) in [6.45, 7) is 5.97. The maximum Gasteiger partial charge on any atom is 0.324 e. The SMILES string of the molecule is CCN(CC)c1ccc(C2c3nocc3CC2(C(=O)OC)C(=O)OC)cc1. The summed E-state index contributed by atoms with van der Waals surface area (Å²) in [7, 11) is 2.54. The highest BCUT2D eigenvalue weighted by atomic mass is 16.5. The molecule has 0 saturated heterocycles. The van der Waals surface area contributed by atoms with E-state index in [2.05, 4.69) is 23.9 Å². The van der Waals surface area contributed by atoms with Crippen molar-refractivity contribution in [1.29, 1.82) is 0 Å². The number of benzene rings is 1. The molecule has 2 aromatic rings. The summed E-state index contributed by atoms with van der Waals surface area (Å²) in [5, 5.41) is 4.07. The van der Waals surface area contributed by atoms with E-state index in [1.54, 1.807) is 0 Å². The third kappa shape index (κ3) is 2.87. The molecule has 0 N–H and O–H groups in total. The number of carbonyl (C=O) groups excluding carboxylic acids is 2. The fourth-order valence-electron chi connectivity index (χ4n) is 4.01. The zero-order valence-electron chi connectivity index (χ0n) is 16.0.